The van der Waals surface area contributed by atoms with Crippen LogP contribution in [0.15, 0.2) is 23.1 Å². The van der Waals surface area contributed by atoms with Gasteiger partial charge in [0.25, 0.3) is 5.91 Å². The van der Waals surface area contributed by atoms with Crippen molar-refractivity contribution in [1.29, 1.82) is 0 Å². The summed E-state index contributed by atoms with van der Waals surface area (Å²) in [5.74, 6) is -0.218. The van der Waals surface area contributed by atoms with Crippen LogP contribution in [0.2, 0.25) is 0 Å². The number of hydrogen-bond donors (Lipinski definition) is 3. The molecule has 0 atom stereocenters. The van der Waals surface area contributed by atoms with E-state index in [4.69, 9.17) is 5.11 Å². The number of amides is 1. The van der Waals surface area contributed by atoms with Crippen molar-refractivity contribution in [1.82, 2.24) is 10.3 Å². The topological polar surface area (TPSA) is 82.2 Å². The van der Waals surface area contributed by atoms with E-state index in [9.17, 15) is 9.59 Å². The number of hydrogen-bond acceptors (Lipinski definition) is 3. The predicted octanol–water partition coefficient (Wildman–Crippen LogP) is -0.123. The van der Waals surface area contributed by atoms with Crippen LogP contribution < -0.4 is 10.9 Å². The first kappa shape index (κ1) is 11.5. The van der Waals surface area contributed by atoms with Gasteiger partial charge in [-0.1, -0.05) is 0 Å². The van der Waals surface area contributed by atoms with Gasteiger partial charge in [0, 0.05) is 25.4 Å². The lowest BCUT2D eigenvalue weighted by Gasteiger charge is -2.03. The molecule has 0 fully saturated rings. The molecular weight excluding hydrogens is 196 g/mol. The largest absolute Gasteiger partial charge is 0.396 e. The number of pyridine rings is 1. The summed E-state index contributed by atoms with van der Waals surface area (Å²) in [6, 6.07) is 2.78. The van der Waals surface area contributed by atoms with Crippen molar-refractivity contribution in [3.63, 3.8) is 0 Å². The molecule has 82 valence electrons. The summed E-state index contributed by atoms with van der Waals surface area (Å²) in [7, 11) is 0. The predicted molar refractivity (Wildman–Crippen MR) is 55.7 cm³/mol. The molecule has 0 bridgehead atoms. The third-order valence-electron chi connectivity index (χ3n) is 1.92. The number of nitrogens with one attached hydrogen (secondary N) is 2. The van der Waals surface area contributed by atoms with Gasteiger partial charge in [0.2, 0.25) is 5.56 Å². The van der Waals surface area contributed by atoms with Crippen LogP contribution in [0.4, 0.5) is 0 Å². The first-order valence-corrected chi connectivity index (χ1v) is 4.82. The van der Waals surface area contributed by atoms with E-state index in [0.717, 1.165) is 6.42 Å². The second-order valence-electron chi connectivity index (χ2n) is 3.13. The fraction of sp³-hybridized carbons (Fsp3) is 0.400. The molecule has 1 aromatic heterocycles. The molecule has 3 N–H and O–H groups in total. The number of rotatable bonds is 5. The van der Waals surface area contributed by atoms with E-state index >= 15 is 0 Å². The molecule has 15 heavy (non-hydrogen) atoms. The lowest BCUT2D eigenvalue weighted by atomic mass is 10.2. The van der Waals surface area contributed by atoms with E-state index < -0.39 is 0 Å². The number of aliphatic hydroxyl groups is 1. The molecule has 0 unspecified atom stereocenters. The van der Waals surface area contributed by atoms with E-state index in [1.807, 2.05) is 0 Å². The highest BCUT2D eigenvalue weighted by Gasteiger charge is 2.03. The van der Waals surface area contributed by atoms with E-state index in [2.05, 4.69) is 10.3 Å². The van der Waals surface area contributed by atoms with Crippen molar-refractivity contribution in [2.75, 3.05) is 13.2 Å². The maximum Gasteiger partial charge on any atom is 0.252 e. The Hall–Kier alpha value is -1.62. The Kier molecular flexibility index (Phi) is 4.56. The van der Waals surface area contributed by atoms with Crippen molar-refractivity contribution in [2.24, 2.45) is 0 Å². The normalized spacial score (nSPS) is 9.93. The summed E-state index contributed by atoms with van der Waals surface area (Å²) >= 11 is 0. The zero-order valence-electron chi connectivity index (χ0n) is 8.32. The van der Waals surface area contributed by atoms with Crippen LogP contribution in [0.1, 0.15) is 23.2 Å². The van der Waals surface area contributed by atoms with Crippen LogP contribution in [0.5, 0.6) is 0 Å². The number of aromatic amines is 1. The molecule has 5 nitrogen and oxygen atoms in total. The van der Waals surface area contributed by atoms with Gasteiger partial charge in [0.05, 0.1) is 5.56 Å². The first-order valence-electron chi connectivity index (χ1n) is 4.82. The standard InChI is InChI=1S/C10H14N2O3/c13-6-2-1-5-11-10(15)8-3-4-9(14)12-7-8/h3-4,7,13H,1-2,5-6H2,(H,11,15)(H,12,14). The molecule has 1 aromatic rings. The summed E-state index contributed by atoms with van der Waals surface area (Å²) in [6.45, 7) is 0.660. The molecule has 1 rings (SSSR count). The second-order valence-corrected chi connectivity index (χ2v) is 3.13. The molecule has 0 aliphatic heterocycles. The average molecular weight is 210 g/mol. The van der Waals surface area contributed by atoms with Gasteiger partial charge >= 0.3 is 0 Å². The summed E-state index contributed by atoms with van der Waals surface area (Å²) < 4.78 is 0. The smallest absolute Gasteiger partial charge is 0.252 e. The SMILES string of the molecule is O=C(NCCCCO)c1ccc(=O)[nH]c1. The average Bonchev–Trinajstić information content (AvgIpc) is 2.25. The van der Waals surface area contributed by atoms with Gasteiger partial charge in [-0.15, -0.1) is 0 Å². The number of carbonyl (C=O) groups is 1. The van der Waals surface area contributed by atoms with Crippen LogP contribution in [0.25, 0.3) is 0 Å². The molecule has 0 aliphatic rings. The maximum atomic E-state index is 11.4. The molecule has 0 aliphatic carbocycles. The number of unbranched alkanes of at least 4 members (excludes halogenated alkanes) is 1. The number of aliphatic hydroxyl groups excluding tert-OH is 1. The molecule has 0 saturated carbocycles. The van der Waals surface area contributed by atoms with E-state index in [1.54, 1.807) is 0 Å². The van der Waals surface area contributed by atoms with Gasteiger partial charge in [-0.25, -0.2) is 0 Å². The summed E-state index contributed by atoms with van der Waals surface area (Å²) in [6.07, 6.45) is 2.79. The van der Waals surface area contributed by atoms with Crippen LogP contribution in [0.3, 0.4) is 0 Å². The van der Waals surface area contributed by atoms with Crippen molar-refractivity contribution >= 4 is 5.91 Å². The van der Waals surface area contributed by atoms with Crippen molar-refractivity contribution < 1.29 is 9.90 Å². The Morgan fingerprint density at radius 3 is 2.80 bits per heavy atom. The van der Waals surface area contributed by atoms with Gasteiger partial charge < -0.3 is 15.4 Å². The number of aromatic nitrogens is 1. The van der Waals surface area contributed by atoms with E-state index in [0.29, 0.717) is 18.5 Å². The number of H-pyrrole nitrogens is 1. The molecule has 0 spiro atoms. The van der Waals surface area contributed by atoms with Crippen molar-refractivity contribution in [2.45, 2.75) is 12.8 Å². The highest BCUT2D eigenvalue weighted by Crippen LogP contribution is 1.93. The maximum absolute atomic E-state index is 11.4. The van der Waals surface area contributed by atoms with Crippen LogP contribution in [-0.2, 0) is 0 Å². The van der Waals surface area contributed by atoms with Crippen LogP contribution >= 0.6 is 0 Å². The molecule has 0 aromatic carbocycles. The van der Waals surface area contributed by atoms with Gasteiger partial charge in [-0.2, -0.15) is 0 Å². The van der Waals surface area contributed by atoms with E-state index in [1.165, 1.54) is 18.3 Å². The molecule has 1 heterocycles. The van der Waals surface area contributed by atoms with E-state index in [-0.39, 0.29) is 18.1 Å². The van der Waals surface area contributed by atoms with Gasteiger partial charge in [-0.05, 0) is 18.9 Å². The molecule has 0 saturated heterocycles. The fourth-order valence-electron chi connectivity index (χ4n) is 1.09. The van der Waals surface area contributed by atoms with Gasteiger partial charge in [0.1, 0.15) is 0 Å². The van der Waals surface area contributed by atoms with Crippen molar-refractivity contribution in [3.05, 3.63) is 34.2 Å². The first-order chi connectivity index (χ1) is 7.24. The minimum atomic E-state index is -0.230. The quantitative estimate of drug-likeness (QED) is 0.592. The Morgan fingerprint density at radius 1 is 1.40 bits per heavy atom. The Balaban J connectivity index is 2.40. The highest BCUT2D eigenvalue weighted by atomic mass is 16.3. The van der Waals surface area contributed by atoms with Gasteiger partial charge in [-0.3, -0.25) is 9.59 Å². The summed E-state index contributed by atoms with van der Waals surface area (Å²) in [5.41, 5.74) is 0.199. The van der Waals surface area contributed by atoms with Crippen LogP contribution in [-0.4, -0.2) is 29.1 Å². The third kappa shape index (κ3) is 3.95. The molecule has 5 heteroatoms. The minimum Gasteiger partial charge on any atom is -0.396 e. The third-order valence-corrected chi connectivity index (χ3v) is 1.92. The molecule has 1 amide bonds. The highest BCUT2D eigenvalue weighted by molar-refractivity contribution is 5.93. The summed E-state index contributed by atoms with van der Waals surface area (Å²) in [4.78, 5) is 24.6. The minimum absolute atomic E-state index is 0.133. The molecule has 0 radical (unpaired) electrons. The zero-order valence-corrected chi connectivity index (χ0v) is 8.32. The summed E-state index contributed by atoms with van der Waals surface area (Å²) in [5, 5.41) is 11.2. The Bertz CT molecular complexity index is 353. The Morgan fingerprint density at radius 2 is 2.20 bits per heavy atom. The Labute approximate surface area is 87.1 Å². The lowest BCUT2D eigenvalue weighted by molar-refractivity contribution is 0.0951. The fourth-order valence-corrected chi connectivity index (χ4v) is 1.09. The van der Waals surface area contributed by atoms with Crippen molar-refractivity contribution in [3.8, 4) is 0 Å². The second kappa shape index (κ2) is 5.98. The monoisotopic (exact) mass is 210 g/mol. The number of carbonyl (C=O) groups excluding carboxylic acids is 1. The molecular formula is C10H14N2O3. The lowest BCUT2D eigenvalue weighted by Crippen LogP contribution is -2.25. The van der Waals surface area contributed by atoms with Gasteiger partial charge in [0.15, 0.2) is 0 Å². The zero-order chi connectivity index (χ0) is 11.1. The van der Waals surface area contributed by atoms with Crippen LogP contribution in [0, 0.1) is 0 Å².